The maximum absolute atomic E-state index is 13.8. The van der Waals surface area contributed by atoms with Gasteiger partial charge in [-0.15, -0.1) is 5.10 Å². The molecule has 0 saturated carbocycles. The number of amides is 2. The number of nitrogens with one attached hydrogen (secondary N) is 1. The molecule has 1 fully saturated rings. The van der Waals surface area contributed by atoms with E-state index in [1.54, 1.807) is 40.2 Å². The fraction of sp³-hybridized carbons (Fsp3) is 0.355. The lowest BCUT2D eigenvalue weighted by Gasteiger charge is -2.41. The molecule has 0 radical (unpaired) electrons. The molecule has 2 aromatic heterocycles. The average Bonchev–Trinajstić information content (AvgIpc) is 3.49. The van der Waals surface area contributed by atoms with E-state index < -0.39 is 12.1 Å². The number of nitrogens with zero attached hydrogens (tertiary/aromatic N) is 7. The number of ether oxygens (including phenoxy) is 1. The molecule has 2 atom stereocenters. The number of benzene rings is 2. The number of carbonyl (C=O) groups excluding carboxylic acids is 2. The quantitative estimate of drug-likeness (QED) is 0.347. The Kier molecular flexibility index (Phi) is 9.04. The van der Waals surface area contributed by atoms with Crippen molar-refractivity contribution in [2.24, 2.45) is 0 Å². The summed E-state index contributed by atoms with van der Waals surface area (Å²) >= 11 is 12.4. The Balaban J connectivity index is 1.36. The third kappa shape index (κ3) is 6.52. The molecule has 45 heavy (non-hydrogen) atoms. The minimum absolute atomic E-state index is 0.130. The van der Waals surface area contributed by atoms with Gasteiger partial charge in [-0.25, -0.2) is 14.5 Å². The highest BCUT2D eigenvalue weighted by molar-refractivity contribution is 6.31. The van der Waals surface area contributed by atoms with Gasteiger partial charge in [0.2, 0.25) is 5.91 Å². The van der Waals surface area contributed by atoms with Crippen LogP contribution in [0.1, 0.15) is 37.3 Å². The van der Waals surface area contributed by atoms with Gasteiger partial charge in [-0.3, -0.25) is 14.2 Å². The van der Waals surface area contributed by atoms with Gasteiger partial charge >= 0.3 is 6.09 Å². The van der Waals surface area contributed by atoms with Crippen molar-refractivity contribution >= 4 is 40.9 Å². The van der Waals surface area contributed by atoms with E-state index in [1.807, 2.05) is 29.2 Å². The number of anilines is 1. The van der Waals surface area contributed by atoms with Gasteiger partial charge < -0.3 is 19.9 Å². The average molecular weight is 652 g/mol. The van der Waals surface area contributed by atoms with Crippen LogP contribution < -0.4 is 15.8 Å². The van der Waals surface area contributed by atoms with Crippen LogP contribution in [0.5, 0.6) is 0 Å². The van der Waals surface area contributed by atoms with Gasteiger partial charge in [0.25, 0.3) is 5.56 Å². The standard InChI is InChI=1S/C31H32Cl2N8O4/c1-45-31(44)38-12-13-39-22-7-5-6-20(14-22)25(8-3-2-4-11-34-30(43)27(39)17-38)40-19-35-24(16-29(40)42)23-15-21(32)9-10-26(23)41-18-28(33)36-37-41/h5-7,9-10,14-16,18-19,25,27H,2-4,8,11-13,17H2,1H3,(H,34,43)/t25-,27-/m0/s1. The molecule has 1 saturated heterocycles. The lowest BCUT2D eigenvalue weighted by atomic mass is 9.98. The molecule has 2 aliphatic rings. The van der Waals surface area contributed by atoms with Crippen LogP contribution in [0, 0.1) is 0 Å². The minimum atomic E-state index is -0.581. The summed E-state index contributed by atoms with van der Waals surface area (Å²) in [4.78, 5) is 47.7. The Morgan fingerprint density at radius 3 is 2.67 bits per heavy atom. The van der Waals surface area contributed by atoms with E-state index >= 15 is 0 Å². The van der Waals surface area contributed by atoms with Gasteiger partial charge in [0.05, 0.1) is 43.6 Å². The van der Waals surface area contributed by atoms with Crippen LogP contribution in [0.15, 0.2) is 65.8 Å². The summed E-state index contributed by atoms with van der Waals surface area (Å²) in [5.74, 6) is -0.130. The van der Waals surface area contributed by atoms with Crippen molar-refractivity contribution in [1.29, 1.82) is 0 Å². The third-order valence-corrected chi connectivity index (χ3v) is 8.68. The lowest BCUT2D eigenvalue weighted by Crippen LogP contribution is -2.60. The lowest BCUT2D eigenvalue weighted by molar-refractivity contribution is -0.123. The first-order chi connectivity index (χ1) is 21.8. The summed E-state index contributed by atoms with van der Waals surface area (Å²) in [6.45, 7) is 1.61. The number of carbonyl (C=O) groups is 2. The molecule has 234 valence electrons. The summed E-state index contributed by atoms with van der Waals surface area (Å²) in [6.07, 6.45) is 5.90. The normalized spacial score (nSPS) is 19.0. The first kappa shape index (κ1) is 30.6. The number of fused-ring (bicyclic) bond motifs is 4. The molecule has 1 N–H and O–H groups in total. The van der Waals surface area contributed by atoms with E-state index in [1.165, 1.54) is 17.9 Å². The van der Waals surface area contributed by atoms with Crippen molar-refractivity contribution in [2.75, 3.05) is 38.2 Å². The van der Waals surface area contributed by atoms with Crippen molar-refractivity contribution in [3.63, 3.8) is 0 Å². The Morgan fingerprint density at radius 1 is 1.02 bits per heavy atom. The second-order valence-corrected chi connectivity index (χ2v) is 11.9. The van der Waals surface area contributed by atoms with Crippen molar-refractivity contribution in [1.82, 2.24) is 34.8 Å². The van der Waals surface area contributed by atoms with E-state index in [0.29, 0.717) is 48.0 Å². The number of aromatic nitrogens is 5. The Morgan fingerprint density at radius 2 is 1.89 bits per heavy atom. The summed E-state index contributed by atoms with van der Waals surface area (Å²) in [5, 5.41) is 11.7. The van der Waals surface area contributed by atoms with Gasteiger partial charge in [-0.1, -0.05) is 53.4 Å². The zero-order chi connectivity index (χ0) is 31.5. The minimum Gasteiger partial charge on any atom is -0.453 e. The van der Waals surface area contributed by atoms with Crippen molar-refractivity contribution < 1.29 is 14.3 Å². The molecule has 2 aliphatic heterocycles. The molecular weight excluding hydrogens is 619 g/mol. The molecule has 14 heteroatoms. The smallest absolute Gasteiger partial charge is 0.409 e. The predicted molar refractivity (Wildman–Crippen MR) is 170 cm³/mol. The number of rotatable bonds is 3. The van der Waals surface area contributed by atoms with Crippen LogP contribution in [-0.2, 0) is 9.53 Å². The van der Waals surface area contributed by atoms with Crippen LogP contribution in [-0.4, -0.2) is 80.8 Å². The molecule has 2 amide bonds. The van der Waals surface area contributed by atoms with Gasteiger partial charge in [0.15, 0.2) is 5.15 Å². The molecule has 12 nitrogen and oxygen atoms in total. The maximum Gasteiger partial charge on any atom is 0.409 e. The molecule has 2 bridgehead atoms. The van der Waals surface area contributed by atoms with E-state index in [-0.39, 0.29) is 29.2 Å². The van der Waals surface area contributed by atoms with Crippen molar-refractivity contribution in [2.45, 2.75) is 37.8 Å². The molecule has 2 aromatic carbocycles. The highest BCUT2D eigenvalue weighted by Gasteiger charge is 2.35. The van der Waals surface area contributed by atoms with E-state index in [9.17, 15) is 14.4 Å². The Bertz CT molecular complexity index is 1780. The van der Waals surface area contributed by atoms with Gasteiger partial charge in [-0.2, -0.15) is 0 Å². The first-order valence-corrected chi connectivity index (χ1v) is 15.5. The zero-order valence-electron chi connectivity index (χ0n) is 24.6. The van der Waals surface area contributed by atoms with Gasteiger partial charge in [0, 0.05) is 42.0 Å². The first-order valence-electron chi connectivity index (χ1n) is 14.8. The van der Waals surface area contributed by atoms with Crippen molar-refractivity contribution in [3.8, 4) is 16.9 Å². The van der Waals surface area contributed by atoms with Crippen LogP contribution in [0.4, 0.5) is 10.5 Å². The van der Waals surface area contributed by atoms with Gasteiger partial charge in [-0.05, 0) is 48.7 Å². The highest BCUT2D eigenvalue weighted by Crippen LogP contribution is 2.31. The topological polar surface area (TPSA) is 127 Å². The second-order valence-electron chi connectivity index (χ2n) is 11.0. The number of hydrogen-bond donors (Lipinski definition) is 1. The third-order valence-electron chi connectivity index (χ3n) is 8.27. The Labute approximate surface area is 269 Å². The molecule has 0 unspecified atom stereocenters. The highest BCUT2D eigenvalue weighted by atomic mass is 35.5. The summed E-state index contributed by atoms with van der Waals surface area (Å²) < 4.78 is 8.10. The number of hydrogen-bond acceptors (Lipinski definition) is 8. The van der Waals surface area contributed by atoms with Crippen LogP contribution in [0.2, 0.25) is 10.2 Å². The van der Waals surface area contributed by atoms with E-state index in [2.05, 4.69) is 15.6 Å². The van der Waals surface area contributed by atoms with Crippen LogP contribution in [0.25, 0.3) is 16.9 Å². The largest absolute Gasteiger partial charge is 0.453 e. The molecule has 0 spiro atoms. The summed E-state index contributed by atoms with van der Waals surface area (Å²) in [6, 6.07) is 13.8. The predicted octanol–water partition coefficient (Wildman–Crippen LogP) is 4.33. The van der Waals surface area contributed by atoms with E-state index in [4.69, 9.17) is 32.9 Å². The SMILES string of the molecule is COC(=O)N1CCN2c3cccc(c3)[C@@H](n3cnc(-c4cc(Cl)ccc4-n4cc(Cl)nn4)cc3=O)CCCCCNC(=O)[C@@H]2C1. The van der Waals surface area contributed by atoms with Crippen molar-refractivity contribution in [3.05, 3.63) is 87.1 Å². The monoisotopic (exact) mass is 650 g/mol. The molecule has 6 rings (SSSR count). The number of methoxy groups -OCH3 is 1. The number of halogens is 2. The number of piperazine rings is 1. The zero-order valence-corrected chi connectivity index (χ0v) is 26.1. The second kappa shape index (κ2) is 13.3. The maximum atomic E-state index is 13.8. The Hall–Kier alpha value is -4.42. The molecule has 4 heterocycles. The molecule has 4 aromatic rings. The summed E-state index contributed by atoms with van der Waals surface area (Å²) in [7, 11) is 1.34. The molecular formula is C31H32Cl2N8O4. The summed E-state index contributed by atoms with van der Waals surface area (Å²) in [5.41, 5.74) is 3.23. The fourth-order valence-corrected chi connectivity index (χ4v) is 6.32. The van der Waals surface area contributed by atoms with E-state index in [0.717, 1.165) is 30.5 Å². The molecule has 0 aliphatic carbocycles. The van der Waals surface area contributed by atoms with Crippen LogP contribution >= 0.6 is 23.2 Å². The van der Waals surface area contributed by atoms with Crippen LogP contribution in [0.3, 0.4) is 0 Å². The van der Waals surface area contributed by atoms with Gasteiger partial charge in [0.1, 0.15) is 6.04 Å². The fourth-order valence-electron chi connectivity index (χ4n) is 6.02.